The molecule has 0 aliphatic rings. The van der Waals surface area contributed by atoms with Gasteiger partial charge in [-0.25, -0.2) is 13.8 Å². The van der Waals surface area contributed by atoms with E-state index in [2.05, 4.69) is 15.3 Å². The van der Waals surface area contributed by atoms with Crippen LogP contribution < -0.4 is 5.32 Å². The summed E-state index contributed by atoms with van der Waals surface area (Å²) < 4.78 is 27.8. The molecule has 0 radical (unpaired) electrons. The summed E-state index contributed by atoms with van der Waals surface area (Å²) >= 11 is 0. The Bertz CT molecular complexity index is 570. The van der Waals surface area contributed by atoms with Gasteiger partial charge in [-0.3, -0.25) is 4.98 Å². The third-order valence-corrected chi connectivity index (χ3v) is 2.56. The average Bonchev–Trinajstić information content (AvgIpc) is 2.37. The molecule has 2 aromatic rings. The molecule has 0 saturated heterocycles. The number of benzene rings is 1. The highest BCUT2D eigenvalue weighted by atomic mass is 19.1. The van der Waals surface area contributed by atoms with Crippen molar-refractivity contribution in [3.05, 3.63) is 41.7 Å². The molecule has 1 N–H and O–H groups in total. The molecule has 0 aliphatic carbocycles. The number of aromatic nitrogens is 2. The molecule has 0 spiro atoms. The number of nitrogens with one attached hydrogen (secondary N) is 1. The second-order valence-corrected chi connectivity index (χ2v) is 3.84. The van der Waals surface area contributed by atoms with Crippen molar-refractivity contribution in [2.45, 2.75) is 13.8 Å². The first kappa shape index (κ1) is 12.4. The highest BCUT2D eigenvalue weighted by Crippen LogP contribution is 2.30. The Morgan fingerprint density at radius 2 is 1.89 bits per heavy atom. The minimum absolute atomic E-state index is 0.140. The van der Waals surface area contributed by atoms with Gasteiger partial charge in [0.1, 0.15) is 17.3 Å². The molecule has 0 saturated carbocycles. The van der Waals surface area contributed by atoms with Crippen LogP contribution >= 0.6 is 0 Å². The number of aryl methyl sites for hydroxylation is 1. The largest absolute Gasteiger partial charge is 0.369 e. The summed E-state index contributed by atoms with van der Waals surface area (Å²) in [5.41, 5.74) is 0.427. The van der Waals surface area contributed by atoms with Gasteiger partial charge in [0.2, 0.25) is 0 Å². The summed E-state index contributed by atoms with van der Waals surface area (Å²) in [5.74, 6) is -0.865. The lowest BCUT2D eigenvalue weighted by Crippen LogP contribution is -2.05. The van der Waals surface area contributed by atoms with Crippen LogP contribution in [0.25, 0.3) is 11.3 Å². The number of nitrogens with zero attached hydrogens (tertiary/aromatic N) is 2. The maximum Gasteiger partial charge on any atom is 0.152 e. The summed E-state index contributed by atoms with van der Waals surface area (Å²) in [4.78, 5) is 8.08. The number of halogens is 2. The Morgan fingerprint density at radius 1 is 1.17 bits per heavy atom. The average molecular weight is 249 g/mol. The molecule has 1 heterocycles. The Morgan fingerprint density at radius 3 is 2.61 bits per heavy atom. The minimum atomic E-state index is -0.641. The summed E-state index contributed by atoms with van der Waals surface area (Å²) in [6.07, 6.45) is 2.89. The molecule has 94 valence electrons. The van der Waals surface area contributed by atoms with E-state index >= 15 is 0 Å². The summed E-state index contributed by atoms with van der Waals surface area (Å²) in [6, 6.07) is 2.63. The Kier molecular flexibility index (Phi) is 3.50. The monoisotopic (exact) mass is 249 g/mol. The smallest absolute Gasteiger partial charge is 0.152 e. The summed E-state index contributed by atoms with van der Waals surface area (Å²) in [5, 5.41) is 2.94. The zero-order chi connectivity index (χ0) is 13.1. The van der Waals surface area contributed by atoms with E-state index in [0.29, 0.717) is 17.9 Å². The van der Waals surface area contributed by atoms with Crippen molar-refractivity contribution in [2.75, 3.05) is 11.9 Å². The predicted molar refractivity (Wildman–Crippen MR) is 66.3 cm³/mol. The van der Waals surface area contributed by atoms with Crippen molar-refractivity contribution in [2.24, 2.45) is 0 Å². The second kappa shape index (κ2) is 5.08. The Labute approximate surface area is 104 Å². The van der Waals surface area contributed by atoms with Crippen LogP contribution in [0.5, 0.6) is 0 Å². The molecule has 0 amide bonds. The van der Waals surface area contributed by atoms with Gasteiger partial charge >= 0.3 is 0 Å². The highest BCUT2D eigenvalue weighted by Gasteiger charge is 2.18. The van der Waals surface area contributed by atoms with E-state index < -0.39 is 11.6 Å². The highest BCUT2D eigenvalue weighted by molar-refractivity contribution is 5.72. The van der Waals surface area contributed by atoms with E-state index in [9.17, 15) is 8.78 Å². The van der Waals surface area contributed by atoms with E-state index in [-0.39, 0.29) is 11.3 Å². The van der Waals surface area contributed by atoms with Crippen LogP contribution in [0, 0.1) is 18.6 Å². The Hall–Kier alpha value is -2.04. The van der Waals surface area contributed by atoms with Gasteiger partial charge in [0.15, 0.2) is 5.82 Å². The normalized spacial score (nSPS) is 10.4. The van der Waals surface area contributed by atoms with Crippen molar-refractivity contribution in [3.63, 3.8) is 0 Å². The van der Waals surface area contributed by atoms with E-state index in [0.717, 1.165) is 0 Å². The fourth-order valence-electron chi connectivity index (χ4n) is 1.69. The van der Waals surface area contributed by atoms with Crippen molar-refractivity contribution in [1.29, 1.82) is 0 Å². The molecule has 0 bridgehead atoms. The summed E-state index contributed by atoms with van der Waals surface area (Å²) in [7, 11) is 0. The lowest BCUT2D eigenvalue weighted by molar-refractivity contribution is 0.582. The molecule has 1 aromatic carbocycles. The Balaban J connectivity index is 2.65. The van der Waals surface area contributed by atoms with Crippen LogP contribution in [0.15, 0.2) is 24.5 Å². The molecule has 0 unspecified atom stereocenters. The maximum atomic E-state index is 14.0. The SMILES string of the molecule is CCNc1nccnc1-c1c(F)ccc(C)c1F. The minimum Gasteiger partial charge on any atom is -0.369 e. The van der Waals surface area contributed by atoms with Crippen LogP contribution in [-0.2, 0) is 0 Å². The van der Waals surface area contributed by atoms with Gasteiger partial charge in [-0.2, -0.15) is 0 Å². The lowest BCUT2D eigenvalue weighted by Gasteiger charge is -2.11. The first-order valence-corrected chi connectivity index (χ1v) is 5.65. The summed E-state index contributed by atoms with van der Waals surface area (Å²) in [6.45, 7) is 4.06. The fraction of sp³-hybridized carbons (Fsp3) is 0.231. The van der Waals surface area contributed by atoms with Gasteiger partial charge in [-0.15, -0.1) is 0 Å². The van der Waals surface area contributed by atoms with Crippen LogP contribution in [0.4, 0.5) is 14.6 Å². The number of anilines is 1. The standard InChI is InChI=1S/C13H13F2N3/c1-3-16-13-12(17-6-7-18-13)10-9(14)5-4-8(2)11(10)15/h4-7H,3H2,1-2H3,(H,16,18). The topological polar surface area (TPSA) is 37.8 Å². The molecule has 3 nitrogen and oxygen atoms in total. The van der Waals surface area contributed by atoms with Gasteiger partial charge < -0.3 is 5.32 Å². The van der Waals surface area contributed by atoms with Gasteiger partial charge in [0.05, 0.1) is 5.56 Å². The molecule has 5 heteroatoms. The fourth-order valence-corrected chi connectivity index (χ4v) is 1.69. The zero-order valence-electron chi connectivity index (χ0n) is 10.2. The van der Waals surface area contributed by atoms with Gasteiger partial charge in [-0.1, -0.05) is 6.07 Å². The third-order valence-electron chi connectivity index (χ3n) is 2.56. The molecule has 2 rings (SSSR count). The molecular formula is C13H13F2N3. The van der Waals surface area contributed by atoms with Crippen LogP contribution in [0.2, 0.25) is 0 Å². The van der Waals surface area contributed by atoms with E-state index in [4.69, 9.17) is 0 Å². The van der Waals surface area contributed by atoms with Crippen molar-refractivity contribution in [3.8, 4) is 11.3 Å². The predicted octanol–water partition coefficient (Wildman–Crippen LogP) is 3.16. The maximum absolute atomic E-state index is 14.0. The molecule has 0 atom stereocenters. The number of hydrogen-bond acceptors (Lipinski definition) is 3. The number of rotatable bonds is 3. The lowest BCUT2D eigenvalue weighted by atomic mass is 10.1. The van der Waals surface area contributed by atoms with Gasteiger partial charge in [0, 0.05) is 18.9 Å². The third kappa shape index (κ3) is 2.16. The van der Waals surface area contributed by atoms with E-state index in [1.165, 1.54) is 24.5 Å². The molecule has 0 aliphatic heterocycles. The van der Waals surface area contributed by atoms with E-state index in [1.807, 2.05) is 6.92 Å². The zero-order valence-corrected chi connectivity index (χ0v) is 10.2. The van der Waals surface area contributed by atoms with Gasteiger partial charge in [-0.05, 0) is 25.5 Å². The van der Waals surface area contributed by atoms with Crippen LogP contribution in [0.3, 0.4) is 0 Å². The van der Waals surface area contributed by atoms with Crippen LogP contribution in [0.1, 0.15) is 12.5 Å². The van der Waals surface area contributed by atoms with Crippen molar-refractivity contribution in [1.82, 2.24) is 9.97 Å². The number of hydrogen-bond donors (Lipinski definition) is 1. The first-order chi connectivity index (χ1) is 8.65. The van der Waals surface area contributed by atoms with Gasteiger partial charge in [0.25, 0.3) is 0 Å². The second-order valence-electron chi connectivity index (χ2n) is 3.84. The molecule has 18 heavy (non-hydrogen) atoms. The van der Waals surface area contributed by atoms with Crippen molar-refractivity contribution >= 4 is 5.82 Å². The quantitative estimate of drug-likeness (QED) is 0.908. The van der Waals surface area contributed by atoms with E-state index in [1.54, 1.807) is 6.92 Å². The molecular weight excluding hydrogens is 236 g/mol. The molecule has 1 aromatic heterocycles. The van der Waals surface area contributed by atoms with Crippen LogP contribution in [-0.4, -0.2) is 16.5 Å². The first-order valence-electron chi connectivity index (χ1n) is 5.65. The van der Waals surface area contributed by atoms with Crippen molar-refractivity contribution < 1.29 is 8.78 Å². The molecule has 0 fully saturated rings.